The monoisotopic (exact) mass is 621 g/mol. The number of hydrogen-bond acceptors (Lipinski definition) is 3. The smallest absolute Gasteiger partial charge is 0.358 e. The molecule has 0 aromatic carbocycles. The van der Waals surface area contributed by atoms with Gasteiger partial charge in [-0.2, -0.15) is 15.3 Å². The van der Waals surface area contributed by atoms with E-state index >= 15 is 0 Å². The topological polar surface area (TPSA) is 53.5 Å². The van der Waals surface area contributed by atoms with Crippen molar-refractivity contribution in [3.05, 3.63) is 59.8 Å². The molecule has 3 aromatic rings. The first kappa shape index (κ1) is 33.2. The molecule has 0 fully saturated rings. The summed E-state index contributed by atoms with van der Waals surface area (Å²) in [4.78, 5) is 0. The molecule has 6 unspecified atom stereocenters. The normalized spacial score (nSPS) is 26.9. The molecular formula is C34H54BN6Zn-. The van der Waals surface area contributed by atoms with Gasteiger partial charge < -0.3 is 7.43 Å². The second kappa shape index (κ2) is 12.7. The Balaban J connectivity index is 0.00000202. The van der Waals surface area contributed by atoms with E-state index in [2.05, 4.69) is 94.7 Å². The molecule has 0 spiro atoms. The Bertz CT molecular complexity index is 1190. The van der Waals surface area contributed by atoms with Gasteiger partial charge in [0.15, 0.2) is 0 Å². The number of aromatic nitrogens is 6. The fraction of sp³-hybridized carbons (Fsp3) is 0.706. The molecule has 8 heteroatoms. The van der Waals surface area contributed by atoms with Gasteiger partial charge in [-0.25, -0.2) is 0 Å². The maximum Gasteiger partial charge on any atom is 0.568 e. The molecule has 0 radical (unpaired) electrons. The van der Waals surface area contributed by atoms with Crippen LogP contribution in [0.2, 0.25) is 0 Å². The Labute approximate surface area is 268 Å². The summed E-state index contributed by atoms with van der Waals surface area (Å²) in [5, 5.41) is 16.2. The molecule has 3 aliphatic carbocycles. The van der Waals surface area contributed by atoms with Gasteiger partial charge in [-0.1, -0.05) is 62.3 Å². The largest absolute Gasteiger partial charge is 0.568 e. The van der Waals surface area contributed by atoms with E-state index in [1.54, 1.807) is 0 Å². The Hall–Kier alpha value is -1.68. The quantitative estimate of drug-likeness (QED) is 0.204. The van der Waals surface area contributed by atoms with Crippen LogP contribution in [0, 0.1) is 25.2 Å². The number of hydrogen-bond donors (Lipinski definition) is 0. The first-order valence-electron chi connectivity index (χ1n) is 16.3. The van der Waals surface area contributed by atoms with Crippen LogP contribution in [0.15, 0.2) is 18.6 Å². The minimum absolute atomic E-state index is 0. The van der Waals surface area contributed by atoms with E-state index < -0.39 is 0 Å². The van der Waals surface area contributed by atoms with Crippen molar-refractivity contribution in [2.24, 2.45) is 17.8 Å². The number of nitrogens with zero attached hydrogens (tertiary/aromatic N) is 6. The van der Waals surface area contributed by atoms with Crippen LogP contribution in [-0.2, 0) is 19.5 Å². The van der Waals surface area contributed by atoms with Gasteiger partial charge in [0.1, 0.15) is 0 Å². The second-order valence-electron chi connectivity index (χ2n) is 14.7. The third-order valence-corrected chi connectivity index (χ3v) is 10.9. The van der Waals surface area contributed by atoms with Crippen LogP contribution in [0.4, 0.5) is 0 Å². The molecule has 6 rings (SSSR count). The number of fused-ring (bicyclic) bond motifs is 3. The first-order valence-corrected chi connectivity index (χ1v) is 16.3. The molecule has 6 atom stereocenters. The van der Waals surface area contributed by atoms with E-state index in [0.29, 0.717) is 53.3 Å². The van der Waals surface area contributed by atoms with Crippen LogP contribution < -0.4 is 0 Å². The van der Waals surface area contributed by atoms with E-state index in [0.717, 1.165) is 0 Å². The predicted molar refractivity (Wildman–Crippen MR) is 171 cm³/mol. The van der Waals surface area contributed by atoms with Crippen molar-refractivity contribution < 1.29 is 19.5 Å². The van der Waals surface area contributed by atoms with Gasteiger partial charge in [-0.3, -0.25) is 13.8 Å². The first-order chi connectivity index (χ1) is 19.0. The van der Waals surface area contributed by atoms with Crippen molar-refractivity contribution in [1.82, 2.24) is 29.1 Å². The average molecular weight is 623 g/mol. The molecule has 3 heterocycles. The van der Waals surface area contributed by atoms with Crippen molar-refractivity contribution in [3.8, 4) is 0 Å². The van der Waals surface area contributed by atoms with E-state index in [9.17, 15) is 0 Å². The molecule has 0 amide bonds. The number of rotatable bonds is 6. The van der Waals surface area contributed by atoms with Gasteiger partial charge in [0.05, 0.1) is 17.1 Å². The van der Waals surface area contributed by atoms with E-state index in [1.165, 1.54) is 72.3 Å². The van der Waals surface area contributed by atoms with E-state index in [4.69, 9.17) is 15.3 Å². The van der Waals surface area contributed by atoms with E-state index in [1.807, 2.05) is 0 Å². The zero-order chi connectivity index (χ0) is 28.5. The molecule has 6 nitrogen and oxygen atoms in total. The minimum Gasteiger partial charge on any atom is -0.358 e. The summed E-state index contributed by atoms with van der Waals surface area (Å²) < 4.78 is 6.63. The summed E-state index contributed by atoms with van der Waals surface area (Å²) in [7, 11) is -0.234. The predicted octanol–water partition coefficient (Wildman–Crippen LogP) is 8.56. The summed E-state index contributed by atoms with van der Waals surface area (Å²) in [5.74, 6) is 4.90. The summed E-state index contributed by atoms with van der Waals surface area (Å²) in [6, 6.07) is 0. The maximum atomic E-state index is 5.41. The van der Waals surface area contributed by atoms with Gasteiger partial charge in [-0.05, 0) is 90.7 Å². The Morgan fingerprint density at radius 1 is 0.548 bits per heavy atom. The summed E-state index contributed by atoms with van der Waals surface area (Å²) in [6.07, 6.45) is 14.4. The van der Waals surface area contributed by atoms with E-state index in [-0.39, 0.29) is 34.0 Å². The molecule has 0 aliphatic heterocycles. The van der Waals surface area contributed by atoms with Crippen LogP contribution in [0.25, 0.3) is 0 Å². The second-order valence-corrected chi connectivity index (χ2v) is 14.7. The standard InChI is InChI=1S/C33H51BN6.CH3.Zn/c1-19(2)25-13-10-22(7)28-16-38(35-31(25)28)34(39-17-29-23(8)11-14-26(20(3)4)32(29)36-39)40-18-30-24(9)12-15-27(21(5)6)33(30)37-40;;/h16-27H,10-15H2,1-9H3;1H3;/q;-1;. The Morgan fingerprint density at radius 3 is 1.05 bits per heavy atom. The molecule has 3 aliphatic rings. The summed E-state index contributed by atoms with van der Waals surface area (Å²) in [6.45, 7) is 21.2. The fourth-order valence-electron chi connectivity index (χ4n) is 8.09. The zero-order valence-electron chi connectivity index (χ0n) is 28.1. The third kappa shape index (κ3) is 5.63. The van der Waals surface area contributed by atoms with Gasteiger partial charge in [-0.15, -0.1) is 0 Å². The Kier molecular flexibility index (Phi) is 10.1. The van der Waals surface area contributed by atoms with Crippen molar-refractivity contribution in [1.29, 1.82) is 0 Å². The molecule has 42 heavy (non-hydrogen) atoms. The van der Waals surface area contributed by atoms with Gasteiger partial charge in [0.25, 0.3) is 0 Å². The van der Waals surface area contributed by atoms with Crippen LogP contribution >= 0.6 is 0 Å². The summed E-state index contributed by atoms with van der Waals surface area (Å²) >= 11 is 0. The van der Waals surface area contributed by atoms with Crippen LogP contribution in [-0.4, -0.2) is 36.2 Å². The van der Waals surface area contributed by atoms with Crippen molar-refractivity contribution in [2.75, 3.05) is 0 Å². The molecule has 0 bridgehead atoms. The van der Waals surface area contributed by atoms with Crippen molar-refractivity contribution >= 4 is 7.12 Å². The SMILES string of the molecule is CC1CCC(C(C)C)c2nn(B(n3cc4c(n3)C(C(C)C)CCC4C)n3cc4c(n3)C(C(C)C)CCC4C)cc21.[CH3-].[Zn]. The Morgan fingerprint density at radius 2 is 0.810 bits per heavy atom. The molecule has 226 valence electrons. The molecule has 3 aromatic heterocycles. The zero-order valence-corrected chi connectivity index (χ0v) is 31.1. The van der Waals surface area contributed by atoms with Crippen LogP contribution in [0.3, 0.4) is 0 Å². The van der Waals surface area contributed by atoms with Gasteiger partial charge in [0, 0.05) is 55.8 Å². The third-order valence-electron chi connectivity index (χ3n) is 10.9. The molecular weight excluding hydrogens is 569 g/mol. The average Bonchev–Trinajstić information content (AvgIpc) is 3.63. The molecule has 0 saturated heterocycles. The van der Waals surface area contributed by atoms with Gasteiger partial charge in [0.2, 0.25) is 0 Å². The van der Waals surface area contributed by atoms with Crippen molar-refractivity contribution in [3.63, 3.8) is 0 Å². The van der Waals surface area contributed by atoms with Crippen molar-refractivity contribution in [2.45, 2.75) is 136 Å². The molecule has 0 saturated carbocycles. The van der Waals surface area contributed by atoms with Crippen LogP contribution in [0.5, 0.6) is 0 Å². The fourth-order valence-corrected chi connectivity index (χ4v) is 8.09. The summed E-state index contributed by atoms with van der Waals surface area (Å²) in [5.41, 5.74) is 8.17. The van der Waals surface area contributed by atoms with Gasteiger partial charge >= 0.3 is 7.12 Å². The maximum absolute atomic E-state index is 5.41. The molecule has 0 N–H and O–H groups in total. The minimum atomic E-state index is -0.234. The van der Waals surface area contributed by atoms with Crippen LogP contribution in [0.1, 0.15) is 170 Å².